The van der Waals surface area contributed by atoms with E-state index in [2.05, 4.69) is 21.2 Å². The molecule has 0 spiro atoms. The van der Waals surface area contributed by atoms with E-state index >= 15 is 0 Å². The molecule has 2 heterocycles. The summed E-state index contributed by atoms with van der Waals surface area (Å²) in [7, 11) is 1.48. The zero-order valence-corrected chi connectivity index (χ0v) is 21.8. The predicted octanol–water partition coefficient (Wildman–Crippen LogP) is 4.09. The molecule has 0 saturated carbocycles. The van der Waals surface area contributed by atoms with Gasteiger partial charge in [0.25, 0.3) is 23.6 Å². The fourth-order valence-electron chi connectivity index (χ4n) is 4.21. The van der Waals surface area contributed by atoms with Crippen LogP contribution >= 0.6 is 28.1 Å². The first-order valence-corrected chi connectivity index (χ1v) is 12.3. The van der Waals surface area contributed by atoms with E-state index in [0.29, 0.717) is 33.7 Å². The molecule has 1 saturated heterocycles. The van der Waals surface area contributed by atoms with Gasteiger partial charge in [-0.3, -0.25) is 34.3 Å². The fraction of sp³-hybridized carbons (Fsp3) is 0.0741. The van der Waals surface area contributed by atoms with Crippen LogP contribution in [0.2, 0.25) is 0 Å². The number of carbonyl (C=O) groups excluding carboxylic acids is 4. The summed E-state index contributed by atoms with van der Waals surface area (Å²) in [4.78, 5) is 54.1. The van der Waals surface area contributed by atoms with E-state index in [1.54, 1.807) is 66.7 Å². The number of halogens is 1. The van der Waals surface area contributed by atoms with Gasteiger partial charge in [-0.25, -0.2) is 0 Å². The number of rotatable bonds is 5. The molecule has 1 fully saturated rings. The van der Waals surface area contributed by atoms with Crippen LogP contribution in [0.1, 0.15) is 31.8 Å². The van der Waals surface area contributed by atoms with Crippen LogP contribution in [0.5, 0.6) is 5.75 Å². The van der Waals surface area contributed by atoms with Gasteiger partial charge in [0.1, 0.15) is 11.3 Å². The number of carbonyl (C=O) groups is 4. The average molecular weight is 576 g/mol. The fourth-order valence-corrected chi connectivity index (χ4v) is 4.76. The summed E-state index contributed by atoms with van der Waals surface area (Å²) in [5.41, 5.74) is 2.12. The maximum Gasteiger partial charge on any atom is 0.270 e. The second kappa shape index (κ2) is 9.72. The molecule has 0 unspecified atom stereocenters. The van der Waals surface area contributed by atoms with Gasteiger partial charge in [-0.15, -0.1) is 0 Å². The molecule has 1 N–H and O–H groups in total. The lowest BCUT2D eigenvalue weighted by Crippen LogP contribution is -2.54. The Morgan fingerprint density at radius 3 is 2.19 bits per heavy atom. The predicted molar refractivity (Wildman–Crippen MR) is 144 cm³/mol. The number of nitrogens with one attached hydrogen (secondary N) is 1. The third-order valence-electron chi connectivity index (χ3n) is 6.01. The van der Waals surface area contributed by atoms with Crippen LogP contribution in [-0.4, -0.2) is 40.8 Å². The minimum atomic E-state index is -0.624. The molecule has 10 heteroatoms. The molecule has 0 radical (unpaired) electrons. The Morgan fingerprint density at radius 2 is 1.57 bits per heavy atom. The molecule has 0 bridgehead atoms. The van der Waals surface area contributed by atoms with Gasteiger partial charge in [0.15, 0.2) is 5.11 Å². The average Bonchev–Trinajstić information content (AvgIpc) is 3.12. The first-order valence-electron chi connectivity index (χ1n) is 11.1. The van der Waals surface area contributed by atoms with Crippen molar-refractivity contribution in [2.45, 2.75) is 6.54 Å². The summed E-state index contributed by atoms with van der Waals surface area (Å²) >= 11 is 8.61. The molecule has 4 amide bonds. The van der Waals surface area contributed by atoms with Gasteiger partial charge in [-0.2, -0.15) is 0 Å². The van der Waals surface area contributed by atoms with E-state index in [4.69, 9.17) is 17.0 Å². The number of nitrogens with zero attached hydrogens (tertiary/aromatic N) is 2. The van der Waals surface area contributed by atoms with Crippen molar-refractivity contribution in [1.82, 2.24) is 10.2 Å². The Morgan fingerprint density at radius 1 is 0.919 bits per heavy atom. The molecule has 2 aliphatic heterocycles. The third-order valence-corrected chi connectivity index (χ3v) is 6.82. The third kappa shape index (κ3) is 4.45. The lowest BCUT2D eigenvalue weighted by Gasteiger charge is -2.29. The van der Waals surface area contributed by atoms with Crippen molar-refractivity contribution in [1.29, 1.82) is 0 Å². The van der Waals surface area contributed by atoms with Crippen LogP contribution in [0.4, 0.5) is 5.69 Å². The van der Waals surface area contributed by atoms with E-state index in [0.717, 1.165) is 9.37 Å². The van der Waals surface area contributed by atoms with Gasteiger partial charge < -0.3 is 4.74 Å². The Labute approximate surface area is 225 Å². The van der Waals surface area contributed by atoms with E-state index in [-0.39, 0.29) is 17.2 Å². The van der Waals surface area contributed by atoms with Crippen molar-refractivity contribution in [3.63, 3.8) is 0 Å². The first kappa shape index (κ1) is 24.5. The van der Waals surface area contributed by atoms with Crippen molar-refractivity contribution >= 4 is 68.7 Å². The topological polar surface area (TPSA) is 96.0 Å². The Bertz CT molecular complexity index is 1500. The number of benzene rings is 3. The number of anilines is 1. The van der Waals surface area contributed by atoms with E-state index in [9.17, 15) is 19.2 Å². The molecule has 2 aliphatic rings. The van der Waals surface area contributed by atoms with Crippen LogP contribution in [0, 0.1) is 0 Å². The van der Waals surface area contributed by atoms with Crippen LogP contribution in [0.3, 0.4) is 0 Å². The minimum Gasteiger partial charge on any atom is -0.496 e. The largest absolute Gasteiger partial charge is 0.496 e. The minimum absolute atomic E-state index is 0.0180. The molecule has 3 aromatic rings. The van der Waals surface area contributed by atoms with E-state index in [1.807, 2.05) is 0 Å². The zero-order chi connectivity index (χ0) is 26.3. The maximum absolute atomic E-state index is 13.3. The van der Waals surface area contributed by atoms with Crippen LogP contribution in [-0.2, 0) is 16.1 Å². The second-order valence-corrected chi connectivity index (χ2v) is 9.55. The standard InChI is InChI=1S/C27H18BrN3O5S/c1-36-22-11-6-15(12-16(22)14-30-24(33)19-4-2-3-5-20(19)25(30)34)13-21-23(32)29-27(37)31(26(21)35)18-9-7-17(28)8-10-18/h2-13H,14H2,1H3,(H,29,32,37)/b21-13-. The molecular weight excluding hydrogens is 558 g/mol. The van der Waals surface area contributed by atoms with Gasteiger partial charge in [-0.05, 0) is 72.4 Å². The van der Waals surface area contributed by atoms with Crippen LogP contribution in [0.15, 0.2) is 76.8 Å². The molecule has 37 heavy (non-hydrogen) atoms. The lowest BCUT2D eigenvalue weighted by molar-refractivity contribution is -0.122. The number of methoxy groups -OCH3 is 1. The van der Waals surface area contributed by atoms with Crippen molar-refractivity contribution in [3.05, 3.63) is 99.0 Å². The summed E-state index contributed by atoms with van der Waals surface area (Å²) in [6, 6.07) is 18.6. The van der Waals surface area contributed by atoms with Crippen LogP contribution < -0.4 is 15.0 Å². The monoisotopic (exact) mass is 575 g/mol. The molecule has 0 aromatic heterocycles. The lowest BCUT2D eigenvalue weighted by atomic mass is 10.0. The summed E-state index contributed by atoms with van der Waals surface area (Å²) in [5.74, 6) is -1.54. The summed E-state index contributed by atoms with van der Waals surface area (Å²) in [6.45, 7) is -0.0399. The molecule has 0 atom stereocenters. The number of fused-ring (bicyclic) bond motifs is 1. The van der Waals surface area contributed by atoms with Gasteiger partial charge in [-0.1, -0.05) is 34.1 Å². The SMILES string of the molecule is COc1ccc(/C=C2/C(=O)NC(=S)N(c3ccc(Br)cc3)C2=O)cc1CN1C(=O)c2ccccc2C1=O. The summed E-state index contributed by atoms with van der Waals surface area (Å²) in [6.07, 6.45) is 1.44. The maximum atomic E-state index is 13.3. The quantitative estimate of drug-likeness (QED) is 0.213. The smallest absolute Gasteiger partial charge is 0.270 e. The van der Waals surface area contributed by atoms with E-state index < -0.39 is 23.6 Å². The first-order chi connectivity index (χ1) is 17.8. The van der Waals surface area contributed by atoms with Crippen molar-refractivity contribution in [3.8, 4) is 5.75 Å². The van der Waals surface area contributed by atoms with Gasteiger partial charge >= 0.3 is 0 Å². The van der Waals surface area contributed by atoms with Crippen molar-refractivity contribution in [2.75, 3.05) is 12.0 Å². The Kier molecular flexibility index (Phi) is 6.45. The molecule has 8 nitrogen and oxygen atoms in total. The zero-order valence-electron chi connectivity index (χ0n) is 19.4. The number of amides is 4. The highest BCUT2D eigenvalue weighted by atomic mass is 79.9. The second-order valence-electron chi connectivity index (χ2n) is 8.25. The van der Waals surface area contributed by atoms with Crippen molar-refractivity contribution < 1.29 is 23.9 Å². The highest BCUT2D eigenvalue weighted by molar-refractivity contribution is 9.10. The highest BCUT2D eigenvalue weighted by Crippen LogP contribution is 2.29. The van der Waals surface area contributed by atoms with Crippen LogP contribution in [0.25, 0.3) is 6.08 Å². The number of hydrogen-bond acceptors (Lipinski definition) is 6. The Hall–Kier alpha value is -4.15. The molecule has 184 valence electrons. The Balaban J connectivity index is 1.47. The number of thiocarbonyl (C=S) groups is 1. The number of hydrogen-bond donors (Lipinski definition) is 1. The van der Waals surface area contributed by atoms with E-state index in [1.165, 1.54) is 18.1 Å². The van der Waals surface area contributed by atoms with Gasteiger partial charge in [0.2, 0.25) is 0 Å². The molecule has 5 rings (SSSR count). The highest BCUT2D eigenvalue weighted by Gasteiger charge is 2.36. The summed E-state index contributed by atoms with van der Waals surface area (Å²) in [5, 5.41) is 2.54. The van der Waals surface area contributed by atoms with Gasteiger partial charge in [0, 0.05) is 10.0 Å². The summed E-state index contributed by atoms with van der Waals surface area (Å²) < 4.78 is 6.27. The van der Waals surface area contributed by atoms with Crippen molar-refractivity contribution in [2.24, 2.45) is 0 Å². The normalized spacial score (nSPS) is 16.4. The molecule has 3 aromatic carbocycles. The van der Waals surface area contributed by atoms with Gasteiger partial charge in [0.05, 0.1) is 30.5 Å². The number of ether oxygens (including phenoxy) is 1. The molecule has 0 aliphatic carbocycles. The molecular formula is C27H18BrN3O5S. The number of imide groups is 1.